The Bertz CT molecular complexity index is 626. The topological polar surface area (TPSA) is 34.5 Å². The number of pyridine rings is 1. The van der Waals surface area contributed by atoms with Crippen molar-refractivity contribution in [3.8, 4) is 5.75 Å². The van der Waals surface area contributed by atoms with Crippen LogP contribution in [0.25, 0.3) is 0 Å². The predicted octanol–water partition coefficient (Wildman–Crippen LogP) is 4.45. The van der Waals surface area contributed by atoms with E-state index in [1.54, 1.807) is 24.4 Å². The van der Waals surface area contributed by atoms with Crippen molar-refractivity contribution in [2.45, 2.75) is 20.0 Å². The fourth-order valence-corrected chi connectivity index (χ4v) is 2.23. The second-order valence-corrected chi connectivity index (χ2v) is 5.41. The van der Waals surface area contributed by atoms with Crippen LogP contribution in [0.2, 0.25) is 0 Å². The van der Waals surface area contributed by atoms with Gasteiger partial charge in [-0.3, -0.25) is 4.98 Å². The van der Waals surface area contributed by atoms with E-state index >= 15 is 0 Å². The van der Waals surface area contributed by atoms with E-state index in [0.717, 1.165) is 0 Å². The highest BCUT2D eigenvalue weighted by molar-refractivity contribution is 8.13. The summed E-state index contributed by atoms with van der Waals surface area (Å²) in [4.78, 5) is 8.67. The second-order valence-electron chi connectivity index (χ2n) is 4.62. The van der Waals surface area contributed by atoms with E-state index in [4.69, 9.17) is 4.74 Å². The maximum Gasteiger partial charge on any atom is 0.148 e. The molecule has 0 spiro atoms. The van der Waals surface area contributed by atoms with Gasteiger partial charge in [0.05, 0.1) is 18.0 Å². The number of aliphatic imine (C=N–C) groups is 1. The van der Waals surface area contributed by atoms with Crippen LogP contribution in [0, 0.1) is 5.82 Å². The summed E-state index contributed by atoms with van der Waals surface area (Å²) in [5.41, 5.74) is 1.01. The van der Waals surface area contributed by atoms with Crippen molar-refractivity contribution in [2.75, 3.05) is 6.26 Å². The van der Waals surface area contributed by atoms with Gasteiger partial charge in [-0.15, -0.1) is 11.8 Å². The summed E-state index contributed by atoms with van der Waals surface area (Å²) >= 11 is 1.43. The van der Waals surface area contributed by atoms with Gasteiger partial charge in [-0.05, 0) is 44.4 Å². The molecule has 0 aliphatic heterocycles. The lowest BCUT2D eigenvalue weighted by molar-refractivity contribution is 0.241. The molecule has 0 aliphatic rings. The van der Waals surface area contributed by atoms with E-state index in [2.05, 4.69) is 9.98 Å². The maximum absolute atomic E-state index is 13.7. The Balaban J connectivity index is 2.27. The summed E-state index contributed by atoms with van der Waals surface area (Å²) in [6.07, 6.45) is 3.65. The van der Waals surface area contributed by atoms with E-state index in [1.165, 1.54) is 17.8 Å². The van der Waals surface area contributed by atoms with Crippen molar-refractivity contribution in [3.05, 3.63) is 54.1 Å². The van der Waals surface area contributed by atoms with E-state index in [1.807, 2.05) is 32.2 Å². The summed E-state index contributed by atoms with van der Waals surface area (Å²) < 4.78 is 19.2. The van der Waals surface area contributed by atoms with Crippen molar-refractivity contribution in [3.63, 3.8) is 0 Å². The first-order valence-electron chi connectivity index (χ1n) is 6.60. The van der Waals surface area contributed by atoms with Gasteiger partial charge >= 0.3 is 0 Å². The average molecular weight is 304 g/mol. The maximum atomic E-state index is 13.7. The highest BCUT2D eigenvalue weighted by Crippen LogP contribution is 2.21. The molecule has 0 radical (unpaired) electrons. The summed E-state index contributed by atoms with van der Waals surface area (Å²) in [6, 6.07) is 10.1. The highest BCUT2D eigenvalue weighted by atomic mass is 32.2. The number of hydrogen-bond donors (Lipinski definition) is 0. The summed E-state index contributed by atoms with van der Waals surface area (Å²) in [7, 11) is 0. The first-order valence-corrected chi connectivity index (χ1v) is 7.83. The van der Waals surface area contributed by atoms with Crippen LogP contribution < -0.4 is 4.74 Å². The standard InChI is InChI=1S/C16H17FN2OS/c1-11(2)20-12-8-9-15(18-10-12)16(21-3)19-14-7-5-4-6-13(14)17/h4-11H,1-3H3. The molecule has 0 unspecified atom stereocenters. The number of thioether (sulfide) groups is 1. The van der Waals surface area contributed by atoms with Gasteiger partial charge < -0.3 is 4.74 Å². The van der Waals surface area contributed by atoms with Gasteiger partial charge in [-0.25, -0.2) is 9.38 Å². The van der Waals surface area contributed by atoms with Crippen LogP contribution in [-0.2, 0) is 0 Å². The number of para-hydroxylation sites is 1. The van der Waals surface area contributed by atoms with Crippen LogP contribution in [0.1, 0.15) is 19.5 Å². The molecule has 0 bridgehead atoms. The number of hydrogen-bond acceptors (Lipinski definition) is 4. The Hall–Kier alpha value is -1.88. The Morgan fingerprint density at radius 1 is 1.24 bits per heavy atom. The molecule has 110 valence electrons. The molecule has 5 heteroatoms. The van der Waals surface area contributed by atoms with E-state index in [9.17, 15) is 4.39 Å². The van der Waals surface area contributed by atoms with E-state index in [-0.39, 0.29) is 11.9 Å². The molecule has 1 aromatic heterocycles. The summed E-state index contributed by atoms with van der Waals surface area (Å²) in [5, 5.41) is 0.663. The Labute approximate surface area is 128 Å². The highest BCUT2D eigenvalue weighted by Gasteiger charge is 2.07. The number of ether oxygens (including phenoxy) is 1. The molecule has 0 saturated carbocycles. The van der Waals surface area contributed by atoms with Gasteiger partial charge in [0.25, 0.3) is 0 Å². The fraction of sp³-hybridized carbons (Fsp3) is 0.250. The first kappa shape index (κ1) is 15.5. The fourth-order valence-electron chi connectivity index (χ4n) is 1.71. The summed E-state index contributed by atoms with van der Waals surface area (Å²) in [5.74, 6) is 0.365. The average Bonchev–Trinajstić information content (AvgIpc) is 2.47. The lowest BCUT2D eigenvalue weighted by atomic mass is 10.3. The van der Waals surface area contributed by atoms with Crippen molar-refractivity contribution in [1.82, 2.24) is 4.98 Å². The Kier molecular flexibility index (Phi) is 5.33. The normalized spacial score (nSPS) is 11.8. The van der Waals surface area contributed by atoms with Gasteiger partial charge in [-0.1, -0.05) is 12.1 Å². The largest absolute Gasteiger partial charge is 0.489 e. The molecule has 0 aliphatic carbocycles. The summed E-state index contributed by atoms with van der Waals surface area (Å²) in [6.45, 7) is 3.92. The molecule has 0 saturated heterocycles. The van der Waals surface area contributed by atoms with Crippen molar-refractivity contribution < 1.29 is 9.13 Å². The number of nitrogens with zero attached hydrogens (tertiary/aromatic N) is 2. The van der Waals surface area contributed by atoms with Gasteiger partial charge in [-0.2, -0.15) is 0 Å². The van der Waals surface area contributed by atoms with Crippen LogP contribution in [0.3, 0.4) is 0 Å². The molecular formula is C16H17FN2OS. The zero-order valence-electron chi connectivity index (χ0n) is 12.2. The molecule has 21 heavy (non-hydrogen) atoms. The molecule has 2 rings (SSSR count). The lowest BCUT2D eigenvalue weighted by Gasteiger charge is -2.09. The van der Waals surface area contributed by atoms with Crippen LogP contribution in [0.5, 0.6) is 5.75 Å². The number of benzene rings is 1. The minimum absolute atomic E-state index is 0.102. The zero-order chi connectivity index (χ0) is 15.2. The lowest BCUT2D eigenvalue weighted by Crippen LogP contribution is -2.06. The van der Waals surface area contributed by atoms with Crippen LogP contribution >= 0.6 is 11.8 Å². The third kappa shape index (κ3) is 4.29. The van der Waals surface area contributed by atoms with Crippen LogP contribution in [0.15, 0.2) is 47.6 Å². The molecule has 2 aromatic rings. The number of rotatable bonds is 4. The molecule has 0 N–H and O–H groups in total. The number of aromatic nitrogens is 1. The third-order valence-corrected chi connectivity index (χ3v) is 3.28. The minimum atomic E-state index is -0.344. The third-order valence-electron chi connectivity index (χ3n) is 2.60. The first-order chi connectivity index (χ1) is 10.1. The molecule has 1 aromatic carbocycles. The second kappa shape index (κ2) is 7.22. The SMILES string of the molecule is CSC(=Nc1ccccc1F)c1ccc(OC(C)C)cn1. The van der Waals surface area contributed by atoms with Gasteiger partial charge in [0.1, 0.15) is 22.3 Å². The molecule has 3 nitrogen and oxygen atoms in total. The molecular weight excluding hydrogens is 287 g/mol. The molecule has 0 amide bonds. The Morgan fingerprint density at radius 2 is 2.00 bits per heavy atom. The van der Waals surface area contributed by atoms with Crippen LogP contribution in [-0.4, -0.2) is 22.4 Å². The van der Waals surface area contributed by atoms with E-state index in [0.29, 0.717) is 22.2 Å². The predicted molar refractivity (Wildman–Crippen MR) is 86.1 cm³/mol. The van der Waals surface area contributed by atoms with Crippen LogP contribution in [0.4, 0.5) is 10.1 Å². The minimum Gasteiger partial charge on any atom is -0.489 e. The van der Waals surface area contributed by atoms with Crippen molar-refractivity contribution in [2.24, 2.45) is 4.99 Å². The molecule has 0 fully saturated rings. The van der Waals surface area contributed by atoms with Crippen molar-refractivity contribution in [1.29, 1.82) is 0 Å². The van der Waals surface area contributed by atoms with Gasteiger partial charge in [0.2, 0.25) is 0 Å². The Morgan fingerprint density at radius 3 is 2.57 bits per heavy atom. The van der Waals surface area contributed by atoms with Gasteiger partial charge in [0, 0.05) is 0 Å². The monoisotopic (exact) mass is 304 g/mol. The molecule has 0 atom stereocenters. The van der Waals surface area contributed by atoms with E-state index < -0.39 is 0 Å². The quantitative estimate of drug-likeness (QED) is 0.618. The molecule has 1 heterocycles. The zero-order valence-corrected chi connectivity index (χ0v) is 13.0. The number of halogens is 1. The smallest absolute Gasteiger partial charge is 0.148 e. The van der Waals surface area contributed by atoms with Crippen molar-refractivity contribution >= 4 is 22.5 Å². The van der Waals surface area contributed by atoms with Gasteiger partial charge in [0.15, 0.2) is 0 Å².